The molecule has 0 aromatic heterocycles. The van der Waals surface area contributed by atoms with Crippen molar-refractivity contribution in [3.8, 4) is 6.07 Å². The van der Waals surface area contributed by atoms with Crippen LogP contribution >= 0.6 is 24.0 Å². The number of aliphatic imine (C=N–C) groups is 1. The van der Waals surface area contributed by atoms with Gasteiger partial charge in [-0.05, 0) is 63.7 Å². The molecule has 176 valence electrons. The van der Waals surface area contributed by atoms with Crippen LogP contribution in [-0.4, -0.2) is 75.4 Å². The molecular weight excluding hydrogens is 515 g/mol. The van der Waals surface area contributed by atoms with Crippen LogP contribution in [0.25, 0.3) is 0 Å². The van der Waals surface area contributed by atoms with E-state index >= 15 is 0 Å². The molecule has 3 saturated heterocycles. The fourth-order valence-corrected chi connectivity index (χ4v) is 5.34. The maximum absolute atomic E-state index is 9.47. The van der Waals surface area contributed by atoms with E-state index in [1.165, 1.54) is 25.9 Å². The van der Waals surface area contributed by atoms with Gasteiger partial charge in [0.2, 0.25) is 0 Å². The van der Waals surface area contributed by atoms with E-state index in [0.29, 0.717) is 6.04 Å². The third-order valence-electron chi connectivity index (χ3n) is 7.14. The summed E-state index contributed by atoms with van der Waals surface area (Å²) < 4.78 is 5.68. The summed E-state index contributed by atoms with van der Waals surface area (Å²) in [5.74, 6) is 0.880. The Morgan fingerprint density at radius 1 is 1.19 bits per heavy atom. The Balaban J connectivity index is 0.00000289. The first kappa shape index (κ1) is 25.1. The van der Waals surface area contributed by atoms with E-state index in [1.807, 2.05) is 25.2 Å². The van der Waals surface area contributed by atoms with Crippen LogP contribution < -0.4 is 15.5 Å². The number of ether oxygens (including phenoxy) is 1. The lowest BCUT2D eigenvalue weighted by atomic mass is 9.88. The standard InChI is InChI=1S/C24H36N6O.HI/c1-26-23(27-19-24(10-15-31-16-11-24)30-13-4-5-14-30)28-21-8-6-12-29(18-21)22-9-3-2-7-20(22)17-25;/h2-3,7,9,21H,4-6,8,10-16,18-19H2,1H3,(H2,26,27,28);1H. The molecule has 0 radical (unpaired) electrons. The number of hydrogen-bond donors (Lipinski definition) is 2. The average Bonchev–Trinajstić information content (AvgIpc) is 3.38. The van der Waals surface area contributed by atoms with Gasteiger partial charge in [0, 0.05) is 51.5 Å². The number of para-hydroxylation sites is 1. The topological polar surface area (TPSA) is 75.9 Å². The molecule has 3 aliphatic rings. The molecule has 0 aliphatic carbocycles. The molecule has 0 bridgehead atoms. The first-order valence-corrected chi connectivity index (χ1v) is 11.8. The van der Waals surface area contributed by atoms with Crippen LogP contribution in [0, 0.1) is 11.3 Å². The second kappa shape index (κ2) is 12.1. The normalized spacial score (nSPS) is 23.8. The van der Waals surface area contributed by atoms with Gasteiger partial charge in [-0.3, -0.25) is 9.89 Å². The Kier molecular flexibility index (Phi) is 9.44. The molecule has 3 fully saturated rings. The van der Waals surface area contributed by atoms with Gasteiger partial charge in [-0.2, -0.15) is 5.26 Å². The van der Waals surface area contributed by atoms with E-state index in [9.17, 15) is 5.26 Å². The number of nitrogens with zero attached hydrogens (tertiary/aromatic N) is 4. The van der Waals surface area contributed by atoms with E-state index in [2.05, 4.69) is 37.6 Å². The van der Waals surface area contributed by atoms with E-state index < -0.39 is 0 Å². The molecule has 1 aromatic rings. The number of nitriles is 1. The molecule has 7 nitrogen and oxygen atoms in total. The zero-order chi connectivity index (χ0) is 21.5. The summed E-state index contributed by atoms with van der Waals surface area (Å²) in [6.07, 6.45) is 6.98. The number of hydrogen-bond acceptors (Lipinski definition) is 5. The van der Waals surface area contributed by atoms with Gasteiger partial charge in [0.25, 0.3) is 0 Å². The number of rotatable bonds is 5. The number of piperidine rings is 1. The van der Waals surface area contributed by atoms with E-state index in [1.54, 1.807) is 0 Å². The number of anilines is 1. The van der Waals surface area contributed by atoms with Gasteiger partial charge >= 0.3 is 0 Å². The lowest BCUT2D eigenvalue weighted by Crippen LogP contribution is -2.60. The number of likely N-dealkylation sites (tertiary alicyclic amines) is 1. The molecule has 0 saturated carbocycles. The van der Waals surface area contributed by atoms with Gasteiger partial charge < -0.3 is 20.3 Å². The van der Waals surface area contributed by atoms with Crippen molar-refractivity contribution in [2.45, 2.75) is 50.1 Å². The predicted molar refractivity (Wildman–Crippen MR) is 140 cm³/mol. The Hall–Kier alpha value is -1.57. The molecule has 1 atom stereocenters. The zero-order valence-corrected chi connectivity index (χ0v) is 21.5. The summed E-state index contributed by atoms with van der Waals surface area (Å²) in [5, 5.41) is 16.8. The number of benzene rings is 1. The molecule has 3 aliphatic heterocycles. The van der Waals surface area contributed by atoms with Crippen molar-refractivity contribution in [2.24, 2.45) is 4.99 Å². The van der Waals surface area contributed by atoms with Crippen molar-refractivity contribution in [1.82, 2.24) is 15.5 Å². The predicted octanol–water partition coefficient (Wildman–Crippen LogP) is 2.96. The van der Waals surface area contributed by atoms with Gasteiger partial charge in [-0.15, -0.1) is 24.0 Å². The SMILES string of the molecule is CN=C(NCC1(N2CCCC2)CCOCC1)NC1CCCN(c2ccccc2C#N)C1.I. The second-order valence-electron chi connectivity index (χ2n) is 9.02. The van der Waals surface area contributed by atoms with Gasteiger partial charge in [0.05, 0.1) is 11.3 Å². The summed E-state index contributed by atoms with van der Waals surface area (Å²) in [6.45, 7) is 6.86. The van der Waals surface area contributed by atoms with Crippen LogP contribution in [0.1, 0.15) is 44.1 Å². The highest BCUT2D eigenvalue weighted by molar-refractivity contribution is 14.0. The first-order valence-electron chi connectivity index (χ1n) is 11.8. The quantitative estimate of drug-likeness (QED) is 0.333. The second-order valence-corrected chi connectivity index (χ2v) is 9.02. The Bertz CT molecular complexity index is 798. The summed E-state index contributed by atoms with van der Waals surface area (Å²) in [7, 11) is 1.85. The van der Waals surface area contributed by atoms with Gasteiger partial charge in [-0.25, -0.2) is 0 Å². The van der Waals surface area contributed by atoms with Crippen molar-refractivity contribution in [3.63, 3.8) is 0 Å². The van der Waals surface area contributed by atoms with Crippen molar-refractivity contribution in [1.29, 1.82) is 5.26 Å². The van der Waals surface area contributed by atoms with Crippen LogP contribution in [0.2, 0.25) is 0 Å². The monoisotopic (exact) mass is 552 g/mol. The maximum Gasteiger partial charge on any atom is 0.191 e. The minimum atomic E-state index is 0. The number of nitrogens with one attached hydrogen (secondary N) is 2. The van der Waals surface area contributed by atoms with Crippen LogP contribution in [0.4, 0.5) is 5.69 Å². The van der Waals surface area contributed by atoms with Gasteiger partial charge in [-0.1, -0.05) is 12.1 Å². The maximum atomic E-state index is 9.47. The highest BCUT2D eigenvalue weighted by Crippen LogP contribution is 2.31. The summed E-state index contributed by atoms with van der Waals surface area (Å²) in [6, 6.07) is 10.5. The highest BCUT2D eigenvalue weighted by atomic mass is 127. The van der Waals surface area contributed by atoms with Crippen molar-refractivity contribution in [2.75, 3.05) is 57.9 Å². The van der Waals surface area contributed by atoms with Crippen molar-refractivity contribution >= 4 is 35.6 Å². The van der Waals surface area contributed by atoms with Crippen LogP contribution in [-0.2, 0) is 4.74 Å². The van der Waals surface area contributed by atoms with E-state index in [-0.39, 0.29) is 29.5 Å². The minimum Gasteiger partial charge on any atom is -0.381 e. The van der Waals surface area contributed by atoms with Crippen LogP contribution in [0.3, 0.4) is 0 Å². The molecule has 1 aromatic carbocycles. The summed E-state index contributed by atoms with van der Waals surface area (Å²) in [5.41, 5.74) is 1.96. The molecule has 0 spiro atoms. The molecule has 8 heteroatoms. The third kappa shape index (κ3) is 5.86. The molecule has 3 heterocycles. The lowest BCUT2D eigenvalue weighted by molar-refractivity contribution is -0.0164. The molecular formula is C24H37IN6O. The first-order chi connectivity index (χ1) is 15.2. The fraction of sp³-hybridized carbons (Fsp3) is 0.667. The van der Waals surface area contributed by atoms with Gasteiger partial charge in [0.1, 0.15) is 6.07 Å². The van der Waals surface area contributed by atoms with Crippen molar-refractivity contribution in [3.05, 3.63) is 29.8 Å². The largest absolute Gasteiger partial charge is 0.381 e. The van der Waals surface area contributed by atoms with Crippen molar-refractivity contribution < 1.29 is 4.74 Å². The summed E-state index contributed by atoms with van der Waals surface area (Å²) in [4.78, 5) is 9.54. The number of guanidine groups is 1. The minimum absolute atomic E-state index is 0. The van der Waals surface area contributed by atoms with E-state index in [4.69, 9.17) is 4.74 Å². The lowest BCUT2D eigenvalue weighted by Gasteiger charge is -2.45. The van der Waals surface area contributed by atoms with Gasteiger partial charge in [0.15, 0.2) is 5.96 Å². The molecule has 32 heavy (non-hydrogen) atoms. The fourth-order valence-electron chi connectivity index (χ4n) is 5.34. The molecule has 4 rings (SSSR count). The Labute approximate surface area is 209 Å². The Morgan fingerprint density at radius 2 is 1.94 bits per heavy atom. The van der Waals surface area contributed by atoms with Crippen LogP contribution in [0.15, 0.2) is 29.3 Å². The third-order valence-corrected chi connectivity index (χ3v) is 7.14. The highest BCUT2D eigenvalue weighted by Gasteiger charge is 2.39. The summed E-state index contributed by atoms with van der Waals surface area (Å²) >= 11 is 0. The van der Waals surface area contributed by atoms with E-state index in [0.717, 1.165) is 75.7 Å². The zero-order valence-electron chi connectivity index (χ0n) is 19.2. The molecule has 1 unspecified atom stereocenters. The average molecular weight is 553 g/mol. The number of halogens is 1. The Morgan fingerprint density at radius 3 is 2.66 bits per heavy atom. The molecule has 2 N–H and O–H groups in total. The molecule has 0 amide bonds. The van der Waals surface area contributed by atoms with Crippen LogP contribution in [0.5, 0.6) is 0 Å². The smallest absolute Gasteiger partial charge is 0.191 e.